The van der Waals surface area contributed by atoms with Crippen LogP contribution in [0.1, 0.15) is 22.8 Å². The van der Waals surface area contributed by atoms with Crippen LogP contribution in [0.25, 0.3) is 0 Å². The number of hydrogen-bond acceptors (Lipinski definition) is 7. The molecule has 1 fully saturated rings. The number of nitrogens with one attached hydrogen (secondary N) is 3. The van der Waals surface area contributed by atoms with Gasteiger partial charge in [-0.25, -0.2) is 16.8 Å². The summed E-state index contributed by atoms with van der Waals surface area (Å²) in [5.41, 5.74) is 7.50. The number of nitrogen functional groups attached to an aromatic ring is 1. The first-order valence-electron chi connectivity index (χ1n) is 11.0. The number of nitrogens with two attached hydrogens (primary N) is 1. The Morgan fingerprint density at radius 1 is 1.08 bits per heavy atom. The summed E-state index contributed by atoms with van der Waals surface area (Å²) in [7, 11) is -7.91. The summed E-state index contributed by atoms with van der Waals surface area (Å²) in [5.74, 6) is -1.22. The fourth-order valence-electron chi connectivity index (χ4n) is 3.89. The van der Waals surface area contributed by atoms with E-state index in [4.69, 9.17) is 5.73 Å². The Morgan fingerprint density at radius 3 is 2.38 bits per heavy atom. The van der Waals surface area contributed by atoms with Gasteiger partial charge in [-0.05, 0) is 47.9 Å². The van der Waals surface area contributed by atoms with E-state index in [0.717, 1.165) is 0 Å². The molecule has 2 amide bonds. The standard InChI is InChI=1S/C24H23BrN4O6S2/c25-18-12-15(10-11-17(18)22-14-23(30)29-37(22,34)35)13-21(24(31)27-20-9-5-4-8-19(20)26)28-36(32,33)16-6-2-1-3-7-16/h1-12,21-22,28H,13-14,26H2,(H,27,31)(H,29,30). The number of carbonyl (C=O) groups excluding carboxylic acids is 2. The molecule has 2 atom stereocenters. The van der Waals surface area contributed by atoms with Gasteiger partial charge in [-0.15, -0.1) is 0 Å². The van der Waals surface area contributed by atoms with E-state index in [1.54, 1.807) is 54.6 Å². The molecule has 1 saturated heterocycles. The summed E-state index contributed by atoms with van der Waals surface area (Å²) in [6, 6.07) is 17.7. The van der Waals surface area contributed by atoms with Gasteiger partial charge in [0.1, 0.15) is 11.3 Å². The van der Waals surface area contributed by atoms with Crippen molar-refractivity contribution in [2.45, 2.75) is 29.0 Å². The molecule has 3 aromatic rings. The minimum atomic E-state index is -4.06. The number of carbonyl (C=O) groups is 2. The molecule has 3 aromatic carbocycles. The van der Waals surface area contributed by atoms with Crippen LogP contribution in [0.3, 0.4) is 0 Å². The molecule has 2 unspecified atom stereocenters. The molecule has 0 spiro atoms. The topological polar surface area (TPSA) is 165 Å². The highest BCUT2D eigenvalue weighted by molar-refractivity contribution is 9.10. The Morgan fingerprint density at radius 2 is 1.76 bits per heavy atom. The number of hydrogen-bond donors (Lipinski definition) is 4. The minimum Gasteiger partial charge on any atom is -0.397 e. The molecular formula is C24H23BrN4O6S2. The number of amides is 2. The third-order valence-corrected chi connectivity index (χ3v) is 9.60. The van der Waals surface area contributed by atoms with Gasteiger partial charge in [0.2, 0.25) is 31.9 Å². The second-order valence-corrected chi connectivity index (χ2v) is 12.8. The van der Waals surface area contributed by atoms with Crippen LogP contribution in [0.2, 0.25) is 0 Å². The lowest BCUT2D eigenvalue weighted by atomic mass is 10.0. The molecular weight excluding hydrogens is 584 g/mol. The summed E-state index contributed by atoms with van der Waals surface area (Å²) < 4.78 is 55.4. The van der Waals surface area contributed by atoms with Crippen LogP contribution in [0.5, 0.6) is 0 Å². The Kier molecular flexibility index (Phi) is 7.69. The van der Waals surface area contributed by atoms with Gasteiger partial charge in [-0.1, -0.05) is 58.4 Å². The van der Waals surface area contributed by atoms with Crippen LogP contribution < -0.4 is 20.5 Å². The van der Waals surface area contributed by atoms with Crippen molar-refractivity contribution in [3.05, 3.63) is 88.4 Å². The van der Waals surface area contributed by atoms with Crippen LogP contribution in [-0.4, -0.2) is 34.7 Å². The van der Waals surface area contributed by atoms with E-state index >= 15 is 0 Å². The van der Waals surface area contributed by atoms with E-state index in [1.165, 1.54) is 18.2 Å². The summed E-state index contributed by atoms with van der Waals surface area (Å²) >= 11 is 3.36. The second-order valence-electron chi connectivity index (χ2n) is 8.39. The normalized spacial score (nSPS) is 17.6. The Labute approximate surface area is 222 Å². The third-order valence-electron chi connectivity index (χ3n) is 5.74. The largest absolute Gasteiger partial charge is 0.397 e. The highest BCUT2D eigenvalue weighted by Gasteiger charge is 2.39. The summed E-state index contributed by atoms with van der Waals surface area (Å²) in [5, 5.41) is 1.61. The fourth-order valence-corrected chi connectivity index (χ4v) is 7.42. The molecule has 1 heterocycles. The SMILES string of the molecule is Nc1ccccc1NC(=O)C(Cc1ccc(C2CC(=O)NS2(=O)=O)c(Br)c1)NS(=O)(=O)c1ccccc1. The zero-order valence-electron chi connectivity index (χ0n) is 19.2. The van der Waals surface area contributed by atoms with Gasteiger partial charge in [0.15, 0.2) is 0 Å². The number of halogens is 1. The van der Waals surface area contributed by atoms with Gasteiger partial charge in [-0.2, -0.15) is 4.72 Å². The number of rotatable bonds is 8. The Bertz CT molecular complexity index is 1560. The van der Waals surface area contributed by atoms with Crippen LogP contribution in [0, 0.1) is 0 Å². The summed E-state index contributed by atoms with van der Waals surface area (Å²) in [4.78, 5) is 24.9. The Balaban J connectivity index is 1.63. The fraction of sp³-hybridized carbons (Fsp3) is 0.167. The molecule has 0 saturated carbocycles. The van der Waals surface area contributed by atoms with Gasteiger partial charge < -0.3 is 11.1 Å². The molecule has 0 radical (unpaired) electrons. The van der Waals surface area contributed by atoms with Crippen molar-refractivity contribution in [3.8, 4) is 0 Å². The predicted octanol–water partition coefficient (Wildman–Crippen LogP) is 2.45. The van der Waals surface area contributed by atoms with Gasteiger partial charge in [-0.3, -0.25) is 14.3 Å². The minimum absolute atomic E-state index is 0.00726. The zero-order chi connectivity index (χ0) is 26.8. The number of benzene rings is 3. The zero-order valence-corrected chi connectivity index (χ0v) is 22.4. The van der Waals surface area contributed by atoms with Crippen molar-refractivity contribution >= 4 is 59.2 Å². The van der Waals surface area contributed by atoms with Crippen molar-refractivity contribution in [1.29, 1.82) is 0 Å². The smallest absolute Gasteiger partial charge is 0.242 e. The first kappa shape index (κ1) is 26.8. The molecule has 0 aliphatic carbocycles. The number of sulfonamides is 2. The lowest BCUT2D eigenvalue weighted by Crippen LogP contribution is -2.45. The summed E-state index contributed by atoms with van der Waals surface area (Å²) in [6.45, 7) is 0. The van der Waals surface area contributed by atoms with Crippen LogP contribution in [0.4, 0.5) is 11.4 Å². The van der Waals surface area contributed by atoms with Crippen molar-refractivity contribution < 1.29 is 26.4 Å². The molecule has 0 aromatic heterocycles. The van der Waals surface area contributed by atoms with Crippen LogP contribution in [0.15, 0.2) is 82.2 Å². The monoisotopic (exact) mass is 606 g/mol. The lowest BCUT2D eigenvalue weighted by molar-refractivity contribution is -0.119. The first-order chi connectivity index (χ1) is 17.5. The van der Waals surface area contributed by atoms with Crippen molar-refractivity contribution in [2.24, 2.45) is 0 Å². The van der Waals surface area contributed by atoms with E-state index < -0.39 is 43.2 Å². The molecule has 10 nitrogen and oxygen atoms in total. The van der Waals surface area contributed by atoms with E-state index in [2.05, 4.69) is 26.0 Å². The highest BCUT2D eigenvalue weighted by atomic mass is 79.9. The molecule has 5 N–H and O–H groups in total. The van der Waals surface area contributed by atoms with Crippen LogP contribution >= 0.6 is 15.9 Å². The summed E-state index contributed by atoms with van der Waals surface area (Å²) in [6.07, 6.45) is -0.265. The predicted molar refractivity (Wildman–Crippen MR) is 142 cm³/mol. The van der Waals surface area contributed by atoms with Gasteiger partial charge in [0.25, 0.3) is 0 Å². The number of anilines is 2. The van der Waals surface area contributed by atoms with E-state index in [0.29, 0.717) is 27.0 Å². The first-order valence-corrected chi connectivity index (χ1v) is 14.8. The van der Waals surface area contributed by atoms with Gasteiger partial charge in [0.05, 0.1) is 22.7 Å². The van der Waals surface area contributed by atoms with Gasteiger partial charge in [0, 0.05) is 4.47 Å². The van der Waals surface area contributed by atoms with E-state index in [9.17, 15) is 26.4 Å². The van der Waals surface area contributed by atoms with Crippen molar-refractivity contribution in [2.75, 3.05) is 11.1 Å². The molecule has 0 bridgehead atoms. The van der Waals surface area contributed by atoms with E-state index in [-0.39, 0.29) is 17.7 Å². The molecule has 1 aliphatic heterocycles. The quantitative estimate of drug-likeness (QED) is 0.286. The number of para-hydroxylation sites is 2. The van der Waals surface area contributed by atoms with Crippen molar-refractivity contribution in [1.82, 2.24) is 9.44 Å². The molecule has 1 aliphatic rings. The average Bonchev–Trinajstić information content (AvgIpc) is 3.12. The maximum absolute atomic E-state index is 13.2. The molecule has 37 heavy (non-hydrogen) atoms. The van der Waals surface area contributed by atoms with E-state index in [1.807, 2.05) is 4.72 Å². The Hall–Kier alpha value is -3.26. The third kappa shape index (κ3) is 6.18. The molecule has 194 valence electrons. The second kappa shape index (κ2) is 10.6. The average molecular weight is 608 g/mol. The van der Waals surface area contributed by atoms with Crippen molar-refractivity contribution in [3.63, 3.8) is 0 Å². The molecule has 4 rings (SSSR count). The molecule has 13 heteroatoms. The van der Waals surface area contributed by atoms with Gasteiger partial charge >= 0.3 is 0 Å². The highest BCUT2D eigenvalue weighted by Crippen LogP contribution is 2.35. The lowest BCUT2D eigenvalue weighted by Gasteiger charge is -2.20. The maximum atomic E-state index is 13.2. The maximum Gasteiger partial charge on any atom is 0.242 e. The van der Waals surface area contributed by atoms with Crippen LogP contribution in [-0.2, 0) is 36.1 Å².